The third-order valence-electron chi connectivity index (χ3n) is 4.18. The van der Waals surface area contributed by atoms with Gasteiger partial charge < -0.3 is 14.7 Å². The van der Waals surface area contributed by atoms with Gasteiger partial charge in [0.15, 0.2) is 0 Å². The van der Waals surface area contributed by atoms with Crippen LogP contribution in [0.1, 0.15) is 28.8 Å². The van der Waals surface area contributed by atoms with Gasteiger partial charge in [-0.1, -0.05) is 6.07 Å². The zero-order valence-corrected chi connectivity index (χ0v) is 13.7. The average Bonchev–Trinajstić information content (AvgIpc) is 2.55. The first-order chi connectivity index (χ1) is 11.0. The van der Waals surface area contributed by atoms with Crippen LogP contribution in [0, 0.1) is 6.92 Å². The van der Waals surface area contributed by atoms with Gasteiger partial charge in [0.1, 0.15) is 5.75 Å². The number of rotatable bonds is 6. The second-order valence-corrected chi connectivity index (χ2v) is 5.82. The number of amides is 1. The van der Waals surface area contributed by atoms with Gasteiger partial charge in [0.2, 0.25) is 0 Å². The number of aryl methyl sites for hydroxylation is 1. The molecular formula is C17H24N2O4. The normalized spacial score (nSPS) is 15.5. The zero-order valence-electron chi connectivity index (χ0n) is 13.7. The van der Waals surface area contributed by atoms with E-state index in [4.69, 9.17) is 9.84 Å². The van der Waals surface area contributed by atoms with Crippen molar-refractivity contribution in [2.24, 2.45) is 0 Å². The second-order valence-electron chi connectivity index (χ2n) is 5.82. The number of carbonyl (C=O) groups is 2. The molecule has 1 aliphatic heterocycles. The maximum atomic E-state index is 12.6. The largest absolute Gasteiger partial charge is 0.496 e. The zero-order chi connectivity index (χ0) is 16.8. The number of hydrogen-bond donors (Lipinski definition) is 1. The van der Waals surface area contributed by atoms with Crippen LogP contribution in [0.5, 0.6) is 5.75 Å². The van der Waals surface area contributed by atoms with Gasteiger partial charge in [0.25, 0.3) is 5.91 Å². The van der Waals surface area contributed by atoms with E-state index in [1.165, 1.54) is 0 Å². The van der Waals surface area contributed by atoms with Crippen LogP contribution in [0.4, 0.5) is 0 Å². The molecule has 0 spiro atoms. The molecule has 0 unspecified atom stereocenters. The van der Waals surface area contributed by atoms with Gasteiger partial charge in [-0.2, -0.15) is 0 Å². The molecule has 126 valence electrons. The predicted molar refractivity (Wildman–Crippen MR) is 86.9 cm³/mol. The molecule has 0 atom stereocenters. The Balaban J connectivity index is 1.87. The molecule has 6 nitrogen and oxygen atoms in total. The monoisotopic (exact) mass is 320 g/mol. The molecule has 0 bridgehead atoms. The summed E-state index contributed by atoms with van der Waals surface area (Å²) in [6.45, 7) is 5.63. The van der Waals surface area contributed by atoms with Crippen LogP contribution in [-0.4, -0.2) is 66.6 Å². The van der Waals surface area contributed by atoms with Crippen LogP contribution < -0.4 is 4.74 Å². The van der Waals surface area contributed by atoms with Crippen molar-refractivity contribution in [1.29, 1.82) is 0 Å². The number of benzene rings is 1. The molecule has 1 aromatic rings. The average molecular weight is 320 g/mol. The molecule has 0 aromatic heterocycles. The van der Waals surface area contributed by atoms with Crippen LogP contribution >= 0.6 is 0 Å². The van der Waals surface area contributed by atoms with Crippen molar-refractivity contribution in [1.82, 2.24) is 9.80 Å². The molecular weight excluding hydrogens is 296 g/mol. The van der Waals surface area contributed by atoms with E-state index in [9.17, 15) is 9.59 Å². The van der Waals surface area contributed by atoms with Crippen molar-refractivity contribution in [2.75, 3.05) is 39.8 Å². The van der Waals surface area contributed by atoms with E-state index in [2.05, 4.69) is 4.90 Å². The molecule has 23 heavy (non-hydrogen) atoms. The van der Waals surface area contributed by atoms with Gasteiger partial charge in [-0.25, -0.2) is 0 Å². The van der Waals surface area contributed by atoms with Gasteiger partial charge >= 0.3 is 5.97 Å². The minimum absolute atomic E-state index is 0.0217. The lowest BCUT2D eigenvalue weighted by Gasteiger charge is -2.34. The van der Waals surface area contributed by atoms with Gasteiger partial charge in [0.05, 0.1) is 7.11 Å². The van der Waals surface area contributed by atoms with Crippen LogP contribution in [0.3, 0.4) is 0 Å². The summed E-state index contributed by atoms with van der Waals surface area (Å²) < 4.78 is 5.28. The number of ether oxygens (including phenoxy) is 1. The van der Waals surface area contributed by atoms with Crippen molar-refractivity contribution >= 4 is 11.9 Å². The minimum Gasteiger partial charge on any atom is -0.496 e. The number of carboxylic acids is 1. The van der Waals surface area contributed by atoms with Crippen LogP contribution in [0.25, 0.3) is 0 Å². The highest BCUT2D eigenvalue weighted by molar-refractivity contribution is 5.94. The van der Waals surface area contributed by atoms with Crippen molar-refractivity contribution in [2.45, 2.75) is 19.8 Å². The lowest BCUT2D eigenvalue weighted by atomic mass is 10.1. The molecule has 1 saturated heterocycles. The molecule has 0 aliphatic carbocycles. The van der Waals surface area contributed by atoms with E-state index >= 15 is 0 Å². The van der Waals surface area contributed by atoms with E-state index in [0.29, 0.717) is 25.1 Å². The summed E-state index contributed by atoms with van der Waals surface area (Å²) in [5, 5.41) is 8.66. The Hall–Kier alpha value is -2.08. The highest BCUT2D eigenvalue weighted by Crippen LogP contribution is 2.20. The quantitative estimate of drug-likeness (QED) is 0.862. The van der Waals surface area contributed by atoms with Gasteiger partial charge in [-0.3, -0.25) is 14.5 Å². The summed E-state index contributed by atoms with van der Waals surface area (Å²) in [6.07, 6.45) is 0.848. The number of aliphatic carboxylic acids is 1. The summed E-state index contributed by atoms with van der Waals surface area (Å²) in [4.78, 5) is 27.2. The topological polar surface area (TPSA) is 70.1 Å². The molecule has 0 radical (unpaired) electrons. The third-order valence-corrected chi connectivity index (χ3v) is 4.18. The van der Waals surface area contributed by atoms with Crippen molar-refractivity contribution in [3.63, 3.8) is 0 Å². The van der Waals surface area contributed by atoms with Crippen molar-refractivity contribution in [3.05, 3.63) is 29.3 Å². The summed E-state index contributed by atoms with van der Waals surface area (Å²) in [5.41, 5.74) is 1.65. The molecule has 1 fully saturated rings. The fourth-order valence-electron chi connectivity index (χ4n) is 2.76. The van der Waals surface area contributed by atoms with Crippen molar-refractivity contribution < 1.29 is 19.4 Å². The Morgan fingerprint density at radius 2 is 1.91 bits per heavy atom. The summed E-state index contributed by atoms with van der Waals surface area (Å²) in [6, 6.07) is 5.52. The lowest BCUT2D eigenvalue weighted by Crippen LogP contribution is -2.48. The number of carbonyl (C=O) groups excluding carboxylic acids is 1. The van der Waals surface area contributed by atoms with Gasteiger partial charge in [-0.15, -0.1) is 0 Å². The Morgan fingerprint density at radius 3 is 2.52 bits per heavy atom. The summed E-state index contributed by atoms with van der Waals surface area (Å²) >= 11 is 0. The first-order valence-corrected chi connectivity index (χ1v) is 7.89. The predicted octanol–water partition coefficient (Wildman–Crippen LogP) is 1.63. The molecule has 2 rings (SSSR count). The summed E-state index contributed by atoms with van der Waals surface area (Å²) in [5.74, 6) is -0.0104. The first kappa shape index (κ1) is 17.3. The number of piperazine rings is 1. The summed E-state index contributed by atoms with van der Waals surface area (Å²) in [7, 11) is 1.60. The highest BCUT2D eigenvalue weighted by Gasteiger charge is 2.22. The smallest absolute Gasteiger partial charge is 0.303 e. The second kappa shape index (κ2) is 7.97. The number of methoxy groups -OCH3 is 1. The molecule has 1 aliphatic rings. The van der Waals surface area contributed by atoms with Crippen LogP contribution in [0.2, 0.25) is 0 Å². The SMILES string of the molecule is COc1cc(C(=O)N2CCN(CCCC(=O)O)CC2)ccc1C. The van der Waals surface area contributed by atoms with Crippen LogP contribution in [-0.2, 0) is 4.79 Å². The van der Waals surface area contributed by atoms with Crippen molar-refractivity contribution in [3.8, 4) is 5.75 Å². The highest BCUT2D eigenvalue weighted by atomic mass is 16.5. The molecule has 6 heteroatoms. The maximum absolute atomic E-state index is 12.6. The Labute approximate surface area is 136 Å². The standard InChI is InChI=1S/C17H24N2O4/c1-13-5-6-14(12-15(13)23-2)17(22)19-10-8-18(9-11-19)7-3-4-16(20)21/h5-6,12H,3-4,7-11H2,1-2H3,(H,20,21). The molecule has 1 amide bonds. The first-order valence-electron chi connectivity index (χ1n) is 7.89. The van der Waals surface area contributed by atoms with Gasteiger partial charge in [-0.05, 0) is 37.6 Å². The molecule has 1 aromatic carbocycles. The Morgan fingerprint density at radius 1 is 1.22 bits per heavy atom. The Kier molecular flexibility index (Phi) is 5.98. The number of nitrogens with zero attached hydrogens (tertiary/aromatic N) is 2. The fraction of sp³-hybridized carbons (Fsp3) is 0.529. The van der Waals surface area contributed by atoms with E-state index in [1.807, 2.05) is 24.0 Å². The van der Waals surface area contributed by atoms with E-state index < -0.39 is 5.97 Å². The third kappa shape index (κ3) is 4.69. The van der Waals surface area contributed by atoms with E-state index in [-0.39, 0.29) is 12.3 Å². The van der Waals surface area contributed by atoms with Crippen LogP contribution in [0.15, 0.2) is 18.2 Å². The Bertz CT molecular complexity index is 566. The molecule has 0 saturated carbocycles. The lowest BCUT2D eigenvalue weighted by molar-refractivity contribution is -0.137. The fourth-order valence-corrected chi connectivity index (χ4v) is 2.76. The van der Waals surface area contributed by atoms with E-state index in [1.54, 1.807) is 13.2 Å². The molecule has 1 N–H and O–H groups in total. The van der Waals surface area contributed by atoms with E-state index in [0.717, 1.165) is 30.9 Å². The molecule has 1 heterocycles. The van der Waals surface area contributed by atoms with Gasteiger partial charge in [0, 0.05) is 38.2 Å². The number of carboxylic acid groups (broad SMARTS) is 1. The maximum Gasteiger partial charge on any atom is 0.303 e. The number of hydrogen-bond acceptors (Lipinski definition) is 4. The minimum atomic E-state index is -0.757.